The predicted octanol–water partition coefficient (Wildman–Crippen LogP) is 7.38. The fourth-order valence-corrected chi connectivity index (χ4v) is 12.3. The van der Waals surface area contributed by atoms with E-state index in [0.717, 1.165) is 11.1 Å². The molecule has 0 aromatic heterocycles. The Morgan fingerprint density at radius 3 is 2.09 bits per heavy atom. The van der Waals surface area contributed by atoms with Crippen molar-refractivity contribution in [2.75, 3.05) is 6.61 Å². The molecular formula is C45H65NO8Si. The molecule has 10 heteroatoms. The summed E-state index contributed by atoms with van der Waals surface area (Å²) in [6.45, 7) is 25.1. The van der Waals surface area contributed by atoms with Gasteiger partial charge in [0.25, 0.3) is 5.91 Å². The van der Waals surface area contributed by atoms with Gasteiger partial charge in [-0.2, -0.15) is 0 Å². The van der Waals surface area contributed by atoms with Gasteiger partial charge < -0.3 is 34.5 Å². The van der Waals surface area contributed by atoms with E-state index >= 15 is 4.79 Å². The standard InChI is InChI=1S/C45H65NO8Si/c1-26-31(24-45(51)28(3)37-43(9)25-52-33(43)23-32(47)44(37,10)38(48)27(2)34(26)42(45,7)8)53-40(50)36(54-55(11,12)41(4,5)6)35(29-19-15-13-16-20-29)46-39(49)30-21-17-14-18-22-30/h13-22,27-28,31-33,35-38,47-48,51H,23-25H2,1-12H3,(H,46,49)/t27-,28-,31-,32-,33+,35-,36+,37+,38-,43+,44+,45+/m0/s1. The van der Waals surface area contributed by atoms with E-state index < -0.39 is 73.0 Å². The maximum absolute atomic E-state index is 15.1. The molecule has 1 heterocycles. The molecule has 55 heavy (non-hydrogen) atoms. The van der Waals surface area contributed by atoms with Crippen LogP contribution < -0.4 is 5.32 Å². The van der Waals surface area contributed by atoms with Crippen molar-refractivity contribution in [3.05, 3.63) is 82.9 Å². The van der Waals surface area contributed by atoms with Gasteiger partial charge in [0.05, 0.1) is 36.6 Å². The van der Waals surface area contributed by atoms with Gasteiger partial charge in [0.2, 0.25) is 0 Å². The van der Waals surface area contributed by atoms with Gasteiger partial charge in [-0.15, -0.1) is 0 Å². The summed E-state index contributed by atoms with van der Waals surface area (Å²) in [5, 5.41) is 40.5. The molecule has 9 nitrogen and oxygen atoms in total. The van der Waals surface area contributed by atoms with Crippen LogP contribution in [0.4, 0.5) is 0 Å². The Bertz CT molecular complexity index is 1790. The van der Waals surface area contributed by atoms with E-state index in [1.54, 1.807) is 24.3 Å². The third-order valence-corrected chi connectivity index (χ3v) is 19.8. The van der Waals surface area contributed by atoms with Gasteiger partial charge in [0.15, 0.2) is 14.4 Å². The minimum absolute atomic E-state index is 0.120. The van der Waals surface area contributed by atoms with Crippen LogP contribution in [0.1, 0.15) is 104 Å². The minimum atomic E-state index is -2.68. The minimum Gasteiger partial charge on any atom is -0.456 e. The maximum Gasteiger partial charge on any atom is 0.337 e. The number of amides is 1. The highest BCUT2D eigenvalue weighted by Gasteiger charge is 2.72. The first-order chi connectivity index (χ1) is 25.4. The van der Waals surface area contributed by atoms with E-state index in [1.165, 1.54) is 0 Å². The zero-order valence-electron chi connectivity index (χ0n) is 35.0. The summed E-state index contributed by atoms with van der Waals surface area (Å²) >= 11 is 0. The Hall–Kier alpha value is -2.86. The van der Waals surface area contributed by atoms with E-state index in [4.69, 9.17) is 13.9 Å². The lowest BCUT2D eigenvalue weighted by Crippen LogP contribution is -2.75. The lowest BCUT2D eigenvalue weighted by atomic mass is 9.39. The monoisotopic (exact) mass is 775 g/mol. The first-order valence-electron chi connectivity index (χ1n) is 20.1. The van der Waals surface area contributed by atoms with Gasteiger partial charge in [-0.25, -0.2) is 4.79 Å². The summed E-state index contributed by atoms with van der Waals surface area (Å²) in [4.78, 5) is 28.9. The molecular weight excluding hydrogens is 711 g/mol. The molecule has 2 aromatic rings. The molecule has 1 aliphatic heterocycles. The van der Waals surface area contributed by atoms with Crippen LogP contribution in [0.2, 0.25) is 18.1 Å². The number of carbonyl (C=O) groups is 2. The van der Waals surface area contributed by atoms with Crippen LogP contribution in [0.25, 0.3) is 0 Å². The number of aliphatic hydroxyl groups excluding tert-OH is 2. The fraction of sp³-hybridized carbons (Fsp3) is 0.644. The molecule has 2 aromatic carbocycles. The first-order valence-corrected chi connectivity index (χ1v) is 23.0. The SMILES string of the molecule is CC1=C2[C@H](C)[C@H](O)[C@@]3(C)[C@H]([C@H](C)[C@](O)(C[C@@H]1OC(=O)[C@H](O[Si](C)(C)C(C)(C)C)[C@@H](NC(=O)c1ccccc1)c1ccccc1)C2(C)C)[C@]1(C)CO[C@@H]1C[C@@H]3O. The van der Waals surface area contributed by atoms with Crippen LogP contribution in [0.5, 0.6) is 0 Å². The normalized spacial score (nSPS) is 36.9. The molecule has 6 rings (SSSR count). The van der Waals surface area contributed by atoms with E-state index in [0.29, 0.717) is 24.2 Å². The summed E-state index contributed by atoms with van der Waals surface area (Å²) in [5.74, 6) is -2.17. The number of nitrogens with one attached hydrogen (secondary N) is 1. The number of hydrogen-bond donors (Lipinski definition) is 4. The van der Waals surface area contributed by atoms with Crippen molar-refractivity contribution in [2.45, 2.75) is 142 Å². The van der Waals surface area contributed by atoms with Crippen LogP contribution in [0.15, 0.2) is 71.8 Å². The second-order valence-corrected chi connectivity index (χ2v) is 24.5. The number of benzene rings is 2. The molecule has 0 spiro atoms. The van der Waals surface area contributed by atoms with Gasteiger partial charge in [-0.05, 0) is 60.2 Å². The first kappa shape index (κ1) is 41.8. The maximum atomic E-state index is 15.1. The van der Waals surface area contributed by atoms with Crippen molar-refractivity contribution in [1.29, 1.82) is 0 Å². The second kappa shape index (κ2) is 14.2. The van der Waals surface area contributed by atoms with Gasteiger partial charge in [0, 0.05) is 40.6 Å². The Labute approximate surface area is 329 Å². The largest absolute Gasteiger partial charge is 0.456 e. The molecule has 3 fully saturated rings. The number of hydrogen-bond acceptors (Lipinski definition) is 8. The molecule has 12 atom stereocenters. The van der Waals surface area contributed by atoms with Crippen molar-refractivity contribution >= 4 is 20.2 Å². The van der Waals surface area contributed by atoms with Crippen molar-refractivity contribution in [3.8, 4) is 0 Å². The number of ether oxygens (including phenoxy) is 2. The van der Waals surface area contributed by atoms with E-state index in [1.807, 2.05) is 77.9 Å². The van der Waals surface area contributed by atoms with E-state index in [9.17, 15) is 20.1 Å². The topological polar surface area (TPSA) is 135 Å². The Morgan fingerprint density at radius 2 is 1.55 bits per heavy atom. The summed E-state index contributed by atoms with van der Waals surface area (Å²) in [6.07, 6.45) is -3.46. The molecule has 302 valence electrons. The summed E-state index contributed by atoms with van der Waals surface area (Å²) < 4.78 is 19.7. The molecule has 2 bridgehead atoms. The van der Waals surface area contributed by atoms with E-state index in [-0.39, 0.29) is 34.8 Å². The van der Waals surface area contributed by atoms with Crippen LogP contribution in [0.3, 0.4) is 0 Å². The number of rotatable bonds is 8. The average molecular weight is 776 g/mol. The molecule has 4 aliphatic rings. The smallest absolute Gasteiger partial charge is 0.337 e. The Morgan fingerprint density at radius 1 is 0.964 bits per heavy atom. The number of esters is 1. The van der Waals surface area contributed by atoms with Crippen molar-refractivity contribution in [1.82, 2.24) is 5.32 Å². The van der Waals surface area contributed by atoms with Crippen molar-refractivity contribution in [3.63, 3.8) is 0 Å². The summed E-state index contributed by atoms with van der Waals surface area (Å²) in [7, 11) is -2.68. The summed E-state index contributed by atoms with van der Waals surface area (Å²) in [6, 6.07) is 17.4. The summed E-state index contributed by atoms with van der Waals surface area (Å²) in [5.41, 5.74) is -0.743. The quantitative estimate of drug-likeness (QED) is 0.124. The third-order valence-electron chi connectivity index (χ3n) is 15.3. The number of aliphatic hydroxyl groups is 3. The van der Waals surface area contributed by atoms with Gasteiger partial charge in [0.1, 0.15) is 6.10 Å². The van der Waals surface area contributed by atoms with Crippen LogP contribution in [-0.2, 0) is 18.7 Å². The molecule has 0 unspecified atom stereocenters. The van der Waals surface area contributed by atoms with Crippen LogP contribution in [-0.4, -0.2) is 78.2 Å². The van der Waals surface area contributed by atoms with Gasteiger partial charge in [-0.3, -0.25) is 4.79 Å². The highest BCUT2D eigenvalue weighted by molar-refractivity contribution is 6.74. The number of fused-ring (bicyclic) bond motifs is 5. The van der Waals surface area contributed by atoms with Crippen LogP contribution in [0, 0.1) is 34.0 Å². The predicted molar refractivity (Wildman–Crippen MR) is 215 cm³/mol. The molecule has 2 saturated carbocycles. The zero-order valence-corrected chi connectivity index (χ0v) is 36.0. The fourth-order valence-electron chi connectivity index (χ4n) is 11.1. The lowest BCUT2D eigenvalue weighted by molar-refractivity contribution is -0.325. The molecule has 4 N–H and O–H groups in total. The molecule has 0 radical (unpaired) electrons. The van der Waals surface area contributed by atoms with Crippen LogP contribution >= 0.6 is 0 Å². The van der Waals surface area contributed by atoms with Crippen molar-refractivity contribution in [2.24, 2.45) is 34.0 Å². The Kier molecular flexibility index (Phi) is 10.8. The van der Waals surface area contributed by atoms with E-state index in [2.05, 4.69) is 46.1 Å². The second-order valence-electron chi connectivity index (χ2n) is 19.7. The van der Waals surface area contributed by atoms with Crippen molar-refractivity contribution < 1.29 is 38.8 Å². The highest BCUT2D eigenvalue weighted by Crippen LogP contribution is 2.68. The van der Waals surface area contributed by atoms with Gasteiger partial charge in [-0.1, -0.05) is 116 Å². The zero-order chi connectivity index (χ0) is 40.7. The number of carbonyl (C=O) groups excluding carboxylic acids is 2. The van der Waals surface area contributed by atoms with Gasteiger partial charge >= 0.3 is 5.97 Å². The highest BCUT2D eigenvalue weighted by atomic mass is 28.4. The Balaban J connectivity index is 1.45. The average Bonchev–Trinajstić information content (AvgIpc) is 3.12. The molecule has 1 saturated heterocycles. The molecule has 1 amide bonds. The molecule has 3 aliphatic carbocycles. The third kappa shape index (κ3) is 6.57. The lowest BCUT2D eigenvalue weighted by Gasteiger charge is -2.70.